The summed E-state index contributed by atoms with van der Waals surface area (Å²) in [6.45, 7) is 0.279. The van der Waals surface area contributed by atoms with E-state index in [0.717, 1.165) is 17.7 Å². The number of aryl methyl sites for hydroxylation is 1. The van der Waals surface area contributed by atoms with E-state index in [2.05, 4.69) is 15.6 Å². The number of sulfone groups is 1. The van der Waals surface area contributed by atoms with Gasteiger partial charge in [-0.2, -0.15) is 13.2 Å². The van der Waals surface area contributed by atoms with Gasteiger partial charge in [-0.05, 0) is 53.9 Å². The van der Waals surface area contributed by atoms with Crippen LogP contribution in [-0.4, -0.2) is 25.2 Å². The number of halogens is 3. The van der Waals surface area contributed by atoms with E-state index in [1.165, 1.54) is 36.4 Å². The Morgan fingerprint density at radius 1 is 0.969 bits per heavy atom. The molecule has 3 rings (SSSR count). The number of rotatable bonds is 7. The number of anilines is 1. The van der Waals surface area contributed by atoms with Crippen LogP contribution in [0.5, 0.6) is 0 Å². The Hall–Kier alpha value is -3.40. The fraction of sp³-hybridized carbons (Fsp3) is 0.182. The lowest BCUT2D eigenvalue weighted by Gasteiger charge is -2.10. The van der Waals surface area contributed by atoms with Crippen LogP contribution in [0, 0.1) is 0 Å². The molecule has 0 unspecified atom stereocenters. The largest absolute Gasteiger partial charge is 0.416 e. The van der Waals surface area contributed by atoms with Gasteiger partial charge in [0.25, 0.3) is 0 Å². The van der Waals surface area contributed by atoms with Gasteiger partial charge in [0.05, 0.1) is 16.2 Å². The lowest BCUT2D eigenvalue weighted by atomic mass is 10.1. The lowest BCUT2D eigenvalue weighted by molar-refractivity contribution is -0.137. The van der Waals surface area contributed by atoms with Crippen molar-refractivity contribution >= 4 is 21.6 Å². The highest BCUT2D eigenvalue weighted by molar-refractivity contribution is 7.91. The van der Waals surface area contributed by atoms with Crippen molar-refractivity contribution < 1.29 is 26.4 Å². The summed E-state index contributed by atoms with van der Waals surface area (Å²) in [6, 6.07) is 13.3. The number of amides is 2. The van der Waals surface area contributed by atoms with Crippen molar-refractivity contribution in [3.05, 3.63) is 89.7 Å². The first-order chi connectivity index (χ1) is 15.1. The van der Waals surface area contributed by atoms with Crippen LogP contribution in [0.25, 0.3) is 0 Å². The average Bonchev–Trinajstić information content (AvgIpc) is 2.77. The number of nitrogens with one attached hydrogen (secondary N) is 2. The maximum Gasteiger partial charge on any atom is 0.416 e. The smallest absolute Gasteiger partial charge is 0.334 e. The van der Waals surface area contributed by atoms with Gasteiger partial charge in [-0.1, -0.05) is 24.3 Å². The normalized spacial score (nSPS) is 11.7. The predicted molar refractivity (Wildman–Crippen MR) is 114 cm³/mol. The maximum atomic E-state index is 12.8. The van der Waals surface area contributed by atoms with E-state index in [1.54, 1.807) is 18.5 Å². The van der Waals surface area contributed by atoms with E-state index in [-0.39, 0.29) is 29.2 Å². The highest BCUT2D eigenvalue weighted by Crippen LogP contribution is 2.29. The number of hydrogen-bond acceptors (Lipinski definition) is 4. The number of benzene rings is 2. The van der Waals surface area contributed by atoms with E-state index in [0.29, 0.717) is 5.69 Å². The lowest BCUT2D eigenvalue weighted by Crippen LogP contribution is -2.28. The number of urea groups is 1. The standard InChI is InChI=1S/C22H20F3N3O3S/c23-22(24,25)18-5-1-3-16(13-18)10-12-32(30,31)20-8-6-19(7-9-20)28-21(29)27-15-17-4-2-11-26-14-17/h1-9,11,13-14H,10,12,15H2,(H2,27,28,29). The fourth-order valence-corrected chi connectivity index (χ4v) is 4.17. The minimum atomic E-state index is -4.48. The van der Waals surface area contributed by atoms with E-state index < -0.39 is 27.6 Å². The zero-order valence-corrected chi connectivity index (χ0v) is 17.6. The van der Waals surface area contributed by atoms with E-state index in [1.807, 2.05) is 6.07 Å². The van der Waals surface area contributed by atoms with Crippen LogP contribution in [0.4, 0.5) is 23.7 Å². The summed E-state index contributed by atoms with van der Waals surface area (Å²) in [4.78, 5) is 16.0. The van der Waals surface area contributed by atoms with Crippen molar-refractivity contribution in [2.75, 3.05) is 11.1 Å². The van der Waals surface area contributed by atoms with Crippen molar-refractivity contribution in [1.29, 1.82) is 0 Å². The Morgan fingerprint density at radius 2 is 1.69 bits per heavy atom. The van der Waals surface area contributed by atoms with Gasteiger partial charge in [-0.3, -0.25) is 4.98 Å². The molecule has 0 aliphatic heterocycles. The number of nitrogens with zero attached hydrogens (tertiary/aromatic N) is 1. The van der Waals surface area contributed by atoms with Crippen LogP contribution in [0.1, 0.15) is 16.7 Å². The molecule has 0 saturated carbocycles. The molecular weight excluding hydrogens is 443 g/mol. The Kier molecular flexibility index (Phi) is 7.14. The molecule has 0 bridgehead atoms. The first-order valence-electron chi connectivity index (χ1n) is 9.56. The summed E-state index contributed by atoms with van der Waals surface area (Å²) in [5.41, 5.74) is 0.687. The van der Waals surface area contributed by atoms with Gasteiger partial charge < -0.3 is 10.6 Å². The number of aromatic nitrogens is 1. The second-order valence-corrected chi connectivity index (χ2v) is 9.07. The van der Waals surface area contributed by atoms with Crippen molar-refractivity contribution in [2.45, 2.75) is 24.0 Å². The van der Waals surface area contributed by atoms with Gasteiger partial charge in [0.15, 0.2) is 9.84 Å². The van der Waals surface area contributed by atoms with Gasteiger partial charge in [0, 0.05) is 24.6 Å². The second-order valence-electron chi connectivity index (χ2n) is 6.96. The van der Waals surface area contributed by atoms with Gasteiger partial charge in [0.1, 0.15) is 0 Å². The summed E-state index contributed by atoms with van der Waals surface area (Å²) >= 11 is 0. The van der Waals surface area contributed by atoms with Crippen LogP contribution >= 0.6 is 0 Å². The highest BCUT2D eigenvalue weighted by Gasteiger charge is 2.30. The summed E-state index contributed by atoms with van der Waals surface area (Å²) < 4.78 is 63.5. The Balaban J connectivity index is 1.56. The van der Waals surface area contributed by atoms with Gasteiger partial charge in [-0.25, -0.2) is 13.2 Å². The van der Waals surface area contributed by atoms with E-state index in [4.69, 9.17) is 0 Å². The summed E-state index contributed by atoms with van der Waals surface area (Å²) in [5, 5.41) is 5.25. The molecule has 2 amide bonds. The van der Waals surface area contributed by atoms with Crippen LogP contribution in [-0.2, 0) is 29.0 Å². The molecular formula is C22H20F3N3O3S. The molecule has 10 heteroatoms. The number of hydrogen-bond donors (Lipinski definition) is 2. The Morgan fingerprint density at radius 3 is 2.34 bits per heavy atom. The minimum Gasteiger partial charge on any atom is -0.334 e. The van der Waals surface area contributed by atoms with Crippen LogP contribution in [0.2, 0.25) is 0 Å². The molecule has 32 heavy (non-hydrogen) atoms. The number of alkyl halides is 3. The average molecular weight is 463 g/mol. The third kappa shape index (κ3) is 6.55. The second kappa shape index (κ2) is 9.82. The zero-order chi connectivity index (χ0) is 23.2. The Labute approximate surface area is 183 Å². The summed E-state index contributed by atoms with van der Waals surface area (Å²) in [6.07, 6.45) is -1.29. The monoisotopic (exact) mass is 463 g/mol. The minimum absolute atomic E-state index is 0.0193. The predicted octanol–water partition coefficient (Wildman–Crippen LogP) is 4.44. The van der Waals surface area contributed by atoms with Crippen molar-refractivity contribution in [2.24, 2.45) is 0 Å². The first-order valence-corrected chi connectivity index (χ1v) is 11.2. The van der Waals surface area contributed by atoms with Gasteiger partial charge >= 0.3 is 12.2 Å². The molecule has 1 heterocycles. The number of carbonyl (C=O) groups is 1. The quantitative estimate of drug-likeness (QED) is 0.542. The van der Waals surface area contributed by atoms with Gasteiger partial charge in [0.2, 0.25) is 0 Å². The molecule has 3 aromatic rings. The summed E-state index contributed by atoms with van der Waals surface area (Å²) in [5.74, 6) is -0.341. The molecule has 0 aliphatic rings. The van der Waals surface area contributed by atoms with Crippen LogP contribution in [0.3, 0.4) is 0 Å². The number of carbonyl (C=O) groups excluding carboxylic acids is 1. The molecule has 168 valence electrons. The first kappa shape index (κ1) is 23.3. The SMILES string of the molecule is O=C(NCc1cccnc1)Nc1ccc(S(=O)(=O)CCc2cccc(C(F)(F)F)c2)cc1. The molecule has 1 aromatic heterocycles. The molecule has 0 saturated heterocycles. The molecule has 0 atom stereocenters. The molecule has 0 radical (unpaired) electrons. The van der Waals surface area contributed by atoms with E-state index >= 15 is 0 Å². The third-order valence-electron chi connectivity index (χ3n) is 4.56. The van der Waals surface area contributed by atoms with Crippen LogP contribution < -0.4 is 10.6 Å². The van der Waals surface area contributed by atoms with E-state index in [9.17, 15) is 26.4 Å². The molecule has 2 aromatic carbocycles. The molecule has 2 N–H and O–H groups in total. The van der Waals surface area contributed by atoms with Crippen molar-refractivity contribution in [1.82, 2.24) is 10.3 Å². The van der Waals surface area contributed by atoms with Gasteiger partial charge in [-0.15, -0.1) is 0 Å². The van der Waals surface area contributed by atoms with Crippen molar-refractivity contribution in [3.63, 3.8) is 0 Å². The number of pyridine rings is 1. The molecule has 6 nitrogen and oxygen atoms in total. The highest BCUT2D eigenvalue weighted by atomic mass is 32.2. The zero-order valence-electron chi connectivity index (χ0n) is 16.8. The third-order valence-corrected chi connectivity index (χ3v) is 6.29. The topological polar surface area (TPSA) is 88.2 Å². The molecule has 0 aliphatic carbocycles. The maximum absolute atomic E-state index is 12.8. The summed E-state index contributed by atoms with van der Waals surface area (Å²) in [7, 11) is -3.71. The van der Waals surface area contributed by atoms with Crippen molar-refractivity contribution in [3.8, 4) is 0 Å². The molecule has 0 fully saturated rings. The fourth-order valence-electron chi connectivity index (χ4n) is 2.88. The Bertz CT molecular complexity index is 1170. The van der Waals surface area contributed by atoms with Crippen LogP contribution in [0.15, 0.2) is 78.0 Å². The molecule has 0 spiro atoms.